The predicted molar refractivity (Wildman–Crippen MR) is 68.5 cm³/mol. The van der Waals surface area contributed by atoms with Crippen LogP contribution in [0.5, 0.6) is 0 Å². The van der Waals surface area contributed by atoms with Gasteiger partial charge in [-0.15, -0.1) is 0 Å². The van der Waals surface area contributed by atoms with Crippen LogP contribution < -0.4 is 0 Å². The number of hydrogen-bond acceptors (Lipinski definition) is 3. The Bertz CT molecular complexity index is 442. The molecule has 96 valence electrons. The van der Waals surface area contributed by atoms with Crippen LogP contribution in [0.3, 0.4) is 0 Å². The van der Waals surface area contributed by atoms with Crippen LogP contribution in [0, 0.1) is 0 Å². The first-order valence-corrected chi connectivity index (χ1v) is 8.29. The minimum atomic E-state index is -3.37. The maximum absolute atomic E-state index is 12.4. The lowest BCUT2D eigenvalue weighted by Crippen LogP contribution is -2.44. The van der Waals surface area contributed by atoms with E-state index in [2.05, 4.69) is 26.1 Å². The van der Waals surface area contributed by atoms with Crippen molar-refractivity contribution in [3.05, 3.63) is 12.4 Å². The molecule has 2 rings (SSSR count). The average molecular weight is 322 g/mol. The summed E-state index contributed by atoms with van der Waals surface area (Å²) in [4.78, 5) is 0.263. The predicted octanol–water partition coefficient (Wildman–Crippen LogP) is 1.74. The molecule has 0 unspecified atom stereocenters. The van der Waals surface area contributed by atoms with Crippen LogP contribution in [0.1, 0.15) is 25.7 Å². The van der Waals surface area contributed by atoms with E-state index < -0.39 is 10.0 Å². The topological polar surface area (TPSA) is 66.1 Å². The second-order valence-electron chi connectivity index (χ2n) is 4.18. The second kappa shape index (κ2) is 5.49. The quantitative estimate of drug-likeness (QED) is 0.811. The first-order valence-electron chi connectivity index (χ1n) is 5.73. The van der Waals surface area contributed by atoms with E-state index in [9.17, 15) is 8.42 Å². The molecule has 1 aliphatic rings. The van der Waals surface area contributed by atoms with Crippen molar-refractivity contribution in [3.8, 4) is 0 Å². The van der Waals surface area contributed by atoms with Gasteiger partial charge in [-0.25, -0.2) is 8.42 Å². The van der Waals surface area contributed by atoms with Gasteiger partial charge in [-0.3, -0.25) is 5.10 Å². The second-order valence-corrected chi connectivity index (χ2v) is 6.86. The van der Waals surface area contributed by atoms with E-state index >= 15 is 0 Å². The molecule has 0 bridgehead atoms. The van der Waals surface area contributed by atoms with Gasteiger partial charge >= 0.3 is 0 Å². The fourth-order valence-electron chi connectivity index (χ4n) is 1.90. The zero-order valence-corrected chi connectivity index (χ0v) is 11.9. The van der Waals surface area contributed by atoms with Crippen molar-refractivity contribution >= 4 is 26.0 Å². The van der Waals surface area contributed by atoms with Gasteiger partial charge in [0.15, 0.2) is 0 Å². The smallest absolute Gasteiger partial charge is 0.246 e. The molecule has 0 saturated heterocycles. The lowest BCUT2D eigenvalue weighted by molar-refractivity contribution is 0.220. The van der Waals surface area contributed by atoms with E-state index in [0.29, 0.717) is 6.54 Å². The highest BCUT2D eigenvalue weighted by atomic mass is 79.9. The fraction of sp³-hybridized carbons (Fsp3) is 0.700. The summed E-state index contributed by atoms with van der Waals surface area (Å²) in [5.41, 5.74) is 0. The van der Waals surface area contributed by atoms with Crippen molar-refractivity contribution in [2.75, 3.05) is 11.9 Å². The molecule has 7 heteroatoms. The molecule has 1 heterocycles. The Labute approximate surface area is 110 Å². The number of nitrogens with zero attached hydrogens (tertiary/aromatic N) is 2. The van der Waals surface area contributed by atoms with Crippen molar-refractivity contribution in [2.24, 2.45) is 0 Å². The number of halogens is 1. The van der Waals surface area contributed by atoms with Crippen LogP contribution in [-0.4, -0.2) is 40.8 Å². The minimum absolute atomic E-state index is 0.175. The lowest BCUT2D eigenvalue weighted by atomic mass is 9.93. The molecule has 0 spiro atoms. The van der Waals surface area contributed by atoms with Crippen LogP contribution in [0.15, 0.2) is 17.3 Å². The molecule has 1 aromatic heterocycles. The number of alkyl halides is 1. The molecule has 1 aliphatic carbocycles. The molecular formula is C10H16BrN3O2S. The molecule has 1 aromatic rings. The van der Waals surface area contributed by atoms with Gasteiger partial charge in [-0.1, -0.05) is 22.4 Å². The molecule has 1 fully saturated rings. The van der Waals surface area contributed by atoms with Gasteiger partial charge in [0.25, 0.3) is 0 Å². The summed E-state index contributed by atoms with van der Waals surface area (Å²) in [6.45, 7) is 0.573. The number of sulfonamides is 1. The maximum atomic E-state index is 12.4. The third-order valence-corrected chi connectivity index (χ3v) is 5.55. The highest BCUT2D eigenvalue weighted by molar-refractivity contribution is 9.09. The summed E-state index contributed by atoms with van der Waals surface area (Å²) in [5, 5.41) is 7.09. The van der Waals surface area contributed by atoms with Crippen LogP contribution in [0.2, 0.25) is 0 Å². The minimum Gasteiger partial charge on any atom is -0.284 e. The van der Waals surface area contributed by atoms with Crippen LogP contribution in [-0.2, 0) is 10.0 Å². The van der Waals surface area contributed by atoms with Crippen LogP contribution in [0.25, 0.3) is 0 Å². The third kappa shape index (κ3) is 2.71. The number of rotatable bonds is 6. The first-order chi connectivity index (χ1) is 8.16. The molecule has 1 N–H and O–H groups in total. The SMILES string of the molecule is O=S(=O)(c1cn[nH]c1)N(CCCBr)C1CCC1. The zero-order chi connectivity index (χ0) is 12.3. The van der Waals surface area contributed by atoms with Gasteiger partial charge < -0.3 is 0 Å². The van der Waals surface area contributed by atoms with E-state index in [1.165, 1.54) is 12.4 Å². The number of aromatic nitrogens is 2. The Morgan fingerprint density at radius 3 is 2.76 bits per heavy atom. The highest BCUT2D eigenvalue weighted by Gasteiger charge is 2.34. The monoisotopic (exact) mass is 321 g/mol. The van der Waals surface area contributed by atoms with E-state index in [-0.39, 0.29) is 10.9 Å². The standard InChI is InChI=1S/C10H16BrN3O2S/c11-5-2-6-14(9-3-1-4-9)17(15,16)10-7-12-13-8-10/h7-9H,1-6H2,(H,12,13). The Morgan fingerprint density at radius 2 is 2.29 bits per heavy atom. The van der Waals surface area contributed by atoms with Gasteiger partial charge in [0.05, 0.1) is 6.20 Å². The summed E-state index contributed by atoms with van der Waals surface area (Å²) in [7, 11) is -3.37. The first kappa shape index (κ1) is 13.0. The number of hydrogen-bond donors (Lipinski definition) is 1. The van der Waals surface area contributed by atoms with Crippen molar-refractivity contribution in [2.45, 2.75) is 36.6 Å². The zero-order valence-electron chi connectivity index (χ0n) is 9.47. The number of nitrogens with one attached hydrogen (secondary N) is 1. The maximum Gasteiger partial charge on any atom is 0.246 e. The summed E-state index contributed by atoms with van der Waals surface area (Å²) >= 11 is 3.34. The fourth-order valence-corrected chi connectivity index (χ4v) is 3.79. The third-order valence-electron chi connectivity index (χ3n) is 3.07. The normalized spacial score (nSPS) is 17.3. The summed E-state index contributed by atoms with van der Waals surface area (Å²) in [6, 6.07) is 0.175. The van der Waals surface area contributed by atoms with Gasteiger partial charge in [-0.05, 0) is 19.3 Å². The molecule has 0 amide bonds. The molecular weight excluding hydrogens is 306 g/mol. The van der Waals surface area contributed by atoms with Crippen molar-refractivity contribution < 1.29 is 8.42 Å². The van der Waals surface area contributed by atoms with Crippen molar-refractivity contribution in [1.29, 1.82) is 0 Å². The molecule has 0 aliphatic heterocycles. The molecule has 0 aromatic carbocycles. The molecule has 1 saturated carbocycles. The van der Waals surface area contributed by atoms with E-state index in [1.54, 1.807) is 4.31 Å². The molecule has 0 atom stereocenters. The van der Waals surface area contributed by atoms with E-state index in [0.717, 1.165) is 31.0 Å². The Hall–Kier alpha value is -0.400. The molecule has 5 nitrogen and oxygen atoms in total. The molecule has 0 radical (unpaired) electrons. The Morgan fingerprint density at radius 1 is 1.53 bits per heavy atom. The summed E-state index contributed by atoms with van der Waals surface area (Å²) in [5.74, 6) is 0. The summed E-state index contributed by atoms with van der Waals surface area (Å²) in [6.07, 6.45) is 6.70. The van der Waals surface area contributed by atoms with Crippen LogP contribution in [0.4, 0.5) is 0 Å². The number of aromatic amines is 1. The Balaban J connectivity index is 2.19. The van der Waals surface area contributed by atoms with E-state index in [1.807, 2.05) is 0 Å². The van der Waals surface area contributed by atoms with Crippen LogP contribution >= 0.6 is 15.9 Å². The van der Waals surface area contributed by atoms with Gasteiger partial charge in [0.1, 0.15) is 4.90 Å². The highest BCUT2D eigenvalue weighted by Crippen LogP contribution is 2.29. The number of H-pyrrole nitrogens is 1. The Kier molecular flexibility index (Phi) is 4.22. The van der Waals surface area contributed by atoms with E-state index in [4.69, 9.17) is 0 Å². The van der Waals surface area contributed by atoms with Gasteiger partial charge in [0, 0.05) is 24.1 Å². The van der Waals surface area contributed by atoms with Gasteiger partial charge in [0.2, 0.25) is 10.0 Å². The molecule has 17 heavy (non-hydrogen) atoms. The summed E-state index contributed by atoms with van der Waals surface area (Å²) < 4.78 is 26.4. The van der Waals surface area contributed by atoms with Crippen molar-refractivity contribution in [1.82, 2.24) is 14.5 Å². The van der Waals surface area contributed by atoms with Gasteiger partial charge in [-0.2, -0.15) is 9.40 Å². The average Bonchev–Trinajstić information content (AvgIpc) is 2.74. The lowest BCUT2D eigenvalue weighted by Gasteiger charge is -2.36. The largest absolute Gasteiger partial charge is 0.284 e. The van der Waals surface area contributed by atoms with Crippen molar-refractivity contribution in [3.63, 3.8) is 0 Å².